The molecule has 0 fully saturated rings. The number of hydrogen-bond acceptors (Lipinski definition) is 7. The highest BCUT2D eigenvalue weighted by molar-refractivity contribution is 6.19. The first-order valence-electron chi connectivity index (χ1n) is 9.83. The molecule has 0 unspecified atom stereocenters. The van der Waals surface area contributed by atoms with Crippen LogP contribution in [0.5, 0.6) is 11.5 Å². The minimum absolute atomic E-state index is 0.127. The zero-order valence-corrected chi connectivity index (χ0v) is 18.4. The molecule has 0 saturated carbocycles. The molecule has 1 aliphatic rings. The average molecular weight is 426 g/mol. The van der Waals surface area contributed by atoms with Gasteiger partial charge in [-0.25, -0.2) is 0 Å². The monoisotopic (exact) mass is 426 g/mol. The molecule has 0 spiro atoms. The molecule has 0 aromatic heterocycles. The van der Waals surface area contributed by atoms with Crippen molar-refractivity contribution in [1.82, 2.24) is 4.90 Å². The molecule has 31 heavy (non-hydrogen) atoms. The lowest BCUT2D eigenvalue weighted by atomic mass is 9.93. The first-order valence-corrected chi connectivity index (χ1v) is 9.83. The first-order chi connectivity index (χ1) is 14.7. The summed E-state index contributed by atoms with van der Waals surface area (Å²) >= 11 is 0. The van der Waals surface area contributed by atoms with Gasteiger partial charge in [-0.2, -0.15) is 5.26 Å². The van der Waals surface area contributed by atoms with E-state index in [1.165, 1.54) is 14.0 Å². The highest BCUT2D eigenvalue weighted by Crippen LogP contribution is 2.32. The van der Waals surface area contributed by atoms with Gasteiger partial charge in [0.2, 0.25) is 0 Å². The Labute approximate surface area is 181 Å². The van der Waals surface area contributed by atoms with Gasteiger partial charge in [0.15, 0.2) is 11.5 Å². The van der Waals surface area contributed by atoms with Crippen LogP contribution in [0, 0.1) is 17.2 Å². The summed E-state index contributed by atoms with van der Waals surface area (Å²) in [6.45, 7) is 7.11. The number of amides is 2. The Morgan fingerprint density at radius 2 is 1.94 bits per heavy atom. The van der Waals surface area contributed by atoms with Gasteiger partial charge in [-0.15, -0.1) is 0 Å². The van der Waals surface area contributed by atoms with E-state index in [2.05, 4.69) is 0 Å². The highest BCUT2D eigenvalue weighted by atomic mass is 16.5. The lowest BCUT2D eigenvalue weighted by Gasteiger charge is -2.27. The number of rotatable bonds is 8. The third-order valence-corrected chi connectivity index (χ3v) is 4.52. The van der Waals surface area contributed by atoms with Crippen LogP contribution in [0.3, 0.4) is 0 Å². The zero-order chi connectivity index (χ0) is 23.1. The number of imide groups is 1. The van der Waals surface area contributed by atoms with Crippen molar-refractivity contribution >= 4 is 23.9 Å². The summed E-state index contributed by atoms with van der Waals surface area (Å²) in [7, 11) is 1.52. The first kappa shape index (κ1) is 23.7. The Balaban J connectivity index is 2.41. The number of methoxy groups -OCH3 is 1. The highest BCUT2D eigenvalue weighted by Gasteiger charge is 2.35. The Morgan fingerprint density at radius 3 is 2.52 bits per heavy atom. The van der Waals surface area contributed by atoms with Crippen molar-refractivity contribution in [2.45, 2.75) is 27.7 Å². The summed E-state index contributed by atoms with van der Waals surface area (Å²) in [5.41, 5.74) is 1.01. The maximum atomic E-state index is 13.0. The van der Waals surface area contributed by atoms with E-state index < -0.39 is 17.8 Å². The molecular weight excluding hydrogens is 400 g/mol. The van der Waals surface area contributed by atoms with Crippen LogP contribution >= 0.6 is 0 Å². The quantitative estimate of drug-likeness (QED) is 0.357. The van der Waals surface area contributed by atoms with Crippen LogP contribution in [-0.4, -0.2) is 49.6 Å². The van der Waals surface area contributed by atoms with Crippen molar-refractivity contribution in [2.75, 3.05) is 26.9 Å². The lowest BCUT2D eigenvalue weighted by Crippen LogP contribution is -2.44. The number of ether oxygens (including phenoxy) is 3. The summed E-state index contributed by atoms with van der Waals surface area (Å²) in [5, 5.41) is 9.44. The third kappa shape index (κ3) is 5.72. The zero-order valence-electron chi connectivity index (χ0n) is 18.4. The molecule has 0 atom stereocenters. The van der Waals surface area contributed by atoms with Crippen LogP contribution in [0.4, 0.5) is 0 Å². The maximum Gasteiger partial charge on any atom is 0.302 e. The van der Waals surface area contributed by atoms with E-state index in [9.17, 15) is 19.6 Å². The standard InChI is InChI=1S/C23H26N2O6/c1-14(2)13-31-20-7-6-17(11-21(20)29-5)10-18-15(3)19(12-24)23(28)25(22(18)27)8-9-30-16(4)26/h6-7,10-11,14H,8-9,13H2,1-5H3/b18-10+. The maximum absolute atomic E-state index is 13.0. The topological polar surface area (TPSA) is 106 Å². The van der Waals surface area contributed by atoms with E-state index in [4.69, 9.17) is 14.2 Å². The Kier molecular flexibility index (Phi) is 7.97. The Morgan fingerprint density at radius 1 is 1.23 bits per heavy atom. The number of carbonyl (C=O) groups is 3. The van der Waals surface area contributed by atoms with Crippen LogP contribution in [0.25, 0.3) is 6.08 Å². The van der Waals surface area contributed by atoms with Crippen molar-refractivity contribution in [3.63, 3.8) is 0 Å². The molecule has 0 N–H and O–H groups in total. The van der Waals surface area contributed by atoms with E-state index in [1.807, 2.05) is 19.9 Å². The second kappa shape index (κ2) is 10.4. The van der Waals surface area contributed by atoms with E-state index in [-0.39, 0.29) is 24.3 Å². The number of nitriles is 1. The summed E-state index contributed by atoms with van der Waals surface area (Å²) < 4.78 is 16.0. The summed E-state index contributed by atoms with van der Waals surface area (Å²) in [5.74, 6) is -0.359. The van der Waals surface area contributed by atoms with E-state index in [0.717, 1.165) is 4.90 Å². The van der Waals surface area contributed by atoms with Crippen LogP contribution < -0.4 is 9.47 Å². The SMILES string of the molecule is COc1cc(/C=C2/C(=O)N(CCOC(C)=O)C(=O)C(C#N)=C2C)ccc1OCC(C)C. The molecule has 0 bridgehead atoms. The fraction of sp³-hybridized carbons (Fsp3) is 0.391. The van der Waals surface area contributed by atoms with Crippen molar-refractivity contribution < 1.29 is 28.6 Å². The Hall–Kier alpha value is -3.60. The normalized spacial score (nSPS) is 15.4. The van der Waals surface area contributed by atoms with Crippen molar-refractivity contribution in [1.29, 1.82) is 5.26 Å². The molecule has 2 amide bonds. The van der Waals surface area contributed by atoms with Gasteiger partial charge in [-0.3, -0.25) is 19.3 Å². The second-order valence-electron chi connectivity index (χ2n) is 7.39. The minimum atomic E-state index is -0.704. The van der Waals surface area contributed by atoms with Gasteiger partial charge in [-0.1, -0.05) is 19.9 Å². The molecule has 1 heterocycles. The number of carbonyl (C=O) groups excluding carboxylic acids is 3. The number of hydrogen-bond donors (Lipinski definition) is 0. The molecule has 1 aliphatic heterocycles. The van der Waals surface area contributed by atoms with Gasteiger partial charge in [0.05, 0.1) is 20.3 Å². The molecule has 0 radical (unpaired) electrons. The van der Waals surface area contributed by atoms with Crippen LogP contribution in [0.2, 0.25) is 0 Å². The largest absolute Gasteiger partial charge is 0.493 e. The summed E-state index contributed by atoms with van der Waals surface area (Å²) in [6, 6.07) is 7.09. The van der Waals surface area contributed by atoms with Crippen LogP contribution in [0.1, 0.15) is 33.3 Å². The number of esters is 1. The van der Waals surface area contributed by atoms with Gasteiger partial charge in [0.1, 0.15) is 18.2 Å². The molecule has 1 aromatic carbocycles. The van der Waals surface area contributed by atoms with Gasteiger partial charge >= 0.3 is 5.97 Å². The average Bonchev–Trinajstić information content (AvgIpc) is 2.72. The van der Waals surface area contributed by atoms with Gasteiger partial charge in [0.25, 0.3) is 11.8 Å². The fourth-order valence-electron chi connectivity index (χ4n) is 2.93. The smallest absolute Gasteiger partial charge is 0.302 e. The predicted octanol–water partition coefficient (Wildman–Crippen LogP) is 2.89. The van der Waals surface area contributed by atoms with E-state index >= 15 is 0 Å². The molecule has 164 valence electrons. The molecule has 1 aromatic rings. The lowest BCUT2D eigenvalue weighted by molar-refractivity contribution is -0.147. The van der Waals surface area contributed by atoms with Crippen molar-refractivity contribution in [2.24, 2.45) is 5.92 Å². The number of benzene rings is 1. The molecule has 2 rings (SSSR count). The van der Waals surface area contributed by atoms with Gasteiger partial charge < -0.3 is 14.2 Å². The molecule has 8 nitrogen and oxygen atoms in total. The number of nitrogens with zero attached hydrogens (tertiary/aromatic N) is 2. The van der Waals surface area contributed by atoms with E-state index in [0.29, 0.717) is 35.2 Å². The van der Waals surface area contributed by atoms with Crippen LogP contribution in [0.15, 0.2) is 34.9 Å². The predicted molar refractivity (Wildman–Crippen MR) is 113 cm³/mol. The Bertz CT molecular complexity index is 984. The van der Waals surface area contributed by atoms with Crippen molar-refractivity contribution in [3.05, 3.63) is 40.5 Å². The third-order valence-electron chi connectivity index (χ3n) is 4.52. The van der Waals surface area contributed by atoms with Gasteiger partial charge in [-0.05, 0) is 42.2 Å². The summed E-state index contributed by atoms with van der Waals surface area (Å²) in [6.07, 6.45) is 1.59. The fourth-order valence-corrected chi connectivity index (χ4v) is 2.93. The second-order valence-corrected chi connectivity index (χ2v) is 7.39. The van der Waals surface area contributed by atoms with E-state index in [1.54, 1.807) is 31.2 Å². The molecule has 0 aliphatic carbocycles. The minimum Gasteiger partial charge on any atom is -0.493 e. The molecular formula is C23H26N2O6. The van der Waals surface area contributed by atoms with Crippen LogP contribution in [-0.2, 0) is 19.1 Å². The van der Waals surface area contributed by atoms with Gasteiger partial charge in [0, 0.05) is 12.5 Å². The van der Waals surface area contributed by atoms with Crippen molar-refractivity contribution in [3.8, 4) is 17.6 Å². The molecule has 0 saturated heterocycles. The summed E-state index contributed by atoms with van der Waals surface area (Å²) in [4.78, 5) is 37.4. The molecule has 8 heteroatoms.